The van der Waals surface area contributed by atoms with Crippen LogP contribution in [0.15, 0.2) is 53.6 Å². The average Bonchev–Trinajstić information content (AvgIpc) is 2.60. The minimum Gasteiger partial charge on any atom is -0.494 e. The van der Waals surface area contributed by atoms with E-state index in [1.54, 1.807) is 19.4 Å². The van der Waals surface area contributed by atoms with E-state index >= 15 is 0 Å². The Morgan fingerprint density at radius 2 is 1.75 bits per heavy atom. The van der Waals surface area contributed by atoms with E-state index in [0.717, 1.165) is 19.0 Å². The van der Waals surface area contributed by atoms with Crippen LogP contribution in [-0.4, -0.2) is 23.0 Å². The van der Waals surface area contributed by atoms with Crippen LogP contribution in [0.5, 0.6) is 5.75 Å². The summed E-state index contributed by atoms with van der Waals surface area (Å²) in [6.45, 7) is 6.02. The number of fused-ring (bicyclic) bond motifs is 1. The van der Waals surface area contributed by atoms with Crippen LogP contribution in [0, 0.1) is 0 Å². The fraction of sp³-hybridized carbons (Fsp3) is 0.250. The van der Waals surface area contributed by atoms with Crippen molar-refractivity contribution in [2.75, 3.05) is 7.11 Å². The quantitative estimate of drug-likeness (QED) is 0.369. The smallest absolute Gasteiger partial charge is 0.282 e. The molecule has 5 nitrogen and oxygen atoms in total. The molecule has 0 aliphatic rings. The van der Waals surface area contributed by atoms with E-state index in [-0.39, 0.29) is 11.0 Å². The van der Waals surface area contributed by atoms with E-state index in [1.165, 1.54) is 4.68 Å². The van der Waals surface area contributed by atoms with Crippen LogP contribution in [0.3, 0.4) is 0 Å². The van der Waals surface area contributed by atoms with Gasteiger partial charge in [0, 0.05) is 9.89 Å². The van der Waals surface area contributed by atoms with E-state index in [2.05, 4.69) is 52.9 Å². The number of benzene rings is 2. The monoisotopic (exact) mass is 569 g/mol. The minimum absolute atomic E-state index is 0.209. The second-order valence-corrected chi connectivity index (χ2v) is 9.85. The Morgan fingerprint density at radius 3 is 2.32 bits per heavy atom. The maximum absolute atomic E-state index is 13.2. The van der Waals surface area contributed by atoms with Crippen molar-refractivity contribution in [1.82, 2.24) is 9.66 Å². The van der Waals surface area contributed by atoms with Gasteiger partial charge < -0.3 is 4.74 Å². The first-order valence-corrected chi connectivity index (χ1v) is 10.8. The molecule has 0 aliphatic carbocycles. The Bertz CT molecular complexity index is 1120. The summed E-state index contributed by atoms with van der Waals surface area (Å²) in [6.07, 6.45) is 1.64. The Hall–Kier alpha value is -1.51. The summed E-state index contributed by atoms with van der Waals surface area (Å²) < 4.78 is 9.10. The second kappa shape index (κ2) is 8.08. The van der Waals surface area contributed by atoms with Crippen LogP contribution >= 0.6 is 47.8 Å². The van der Waals surface area contributed by atoms with Crippen LogP contribution in [-0.2, 0) is 5.41 Å². The number of methoxy groups -OCH3 is 1. The third kappa shape index (κ3) is 4.23. The van der Waals surface area contributed by atoms with Crippen LogP contribution in [0.2, 0.25) is 0 Å². The number of aromatic nitrogens is 2. The van der Waals surface area contributed by atoms with E-state index in [1.807, 2.05) is 45.0 Å². The van der Waals surface area contributed by atoms with Gasteiger partial charge in [0.15, 0.2) is 0 Å². The van der Waals surface area contributed by atoms with Gasteiger partial charge in [-0.15, -0.1) is 0 Å². The van der Waals surface area contributed by atoms with Crippen molar-refractivity contribution < 1.29 is 4.74 Å². The molecule has 0 N–H and O–H groups in total. The molecular weight excluding hydrogens is 554 g/mol. The zero-order valence-corrected chi connectivity index (χ0v) is 20.5. The standard InChI is InChI=1S/C20H18Br3N3O2/c1-20(2,3)19-25-16-6-5-12(21)9-13(16)18(27)26(19)24-10-11-7-14(22)17(28-4)15(23)8-11/h5-10H,1-4H3. The fourth-order valence-electron chi connectivity index (χ4n) is 2.71. The molecule has 3 rings (SSSR count). The molecule has 0 spiro atoms. The number of rotatable bonds is 3. The largest absolute Gasteiger partial charge is 0.494 e. The maximum atomic E-state index is 13.2. The van der Waals surface area contributed by atoms with Gasteiger partial charge in [0.05, 0.1) is 33.2 Å². The Morgan fingerprint density at radius 1 is 1.11 bits per heavy atom. The van der Waals surface area contributed by atoms with Crippen LogP contribution in [0.25, 0.3) is 10.9 Å². The predicted molar refractivity (Wildman–Crippen MR) is 124 cm³/mol. The lowest BCUT2D eigenvalue weighted by Crippen LogP contribution is -2.29. The van der Waals surface area contributed by atoms with E-state index in [9.17, 15) is 4.79 Å². The van der Waals surface area contributed by atoms with Crippen molar-refractivity contribution >= 4 is 64.9 Å². The molecule has 1 heterocycles. The van der Waals surface area contributed by atoms with E-state index in [0.29, 0.717) is 22.5 Å². The molecule has 0 aliphatic heterocycles. The number of halogens is 3. The van der Waals surface area contributed by atoms with Crippen LogP contribution in [0.1, 0.15) is 32.2 Å². The van der Waals surface area contributed by atoms with Gasteiger partial charge in [-0.3, -0.25) is 4.79 Å². The van der Waals surface area contributed by atoms with Crippen molar-refractivity contribution in [3.05, 3.63) is 65.5 Å². The van der Waals surface area contributed by atoms with Gasteiger partial charge in [-0.2, -0.15) is 9.78 Å². The third-order valence-electron chi connectivity index (χ3n) is 4.03. The number of hydrogen-bond acceptors (Lipinski definition) is 4. The Balaban J connectivity index is 2.20. The normalized spacial score (nSPS) is 12.1. The lowest BCUT2D eigenvalue weighted by molar-refractivity contribution is 0.409. The molecule has 2 aromatic carbocycles. The lowest BCUT2D eigenvalue weighted by atomic mass is 9.95. The molecule has 0 bridgehead atoms. The first kappa shape index (κ1) is 21.2. The molecule has 0 amide bonds. The summed E-state index contributed by atoms with van der Waals surface area (Å²) in [6, 6.07) is 9.23. The molecule has 0 unspecified atom stereocenters. The van der Waals surface area contributed by atoms with Crippen LogP contribution in [0.4, 0.5) is 0 Å². The highest BCUT2D eigenvalue weighted by Crippen LogP contribution is 2.34. The molecule has 0 saturated heterocycles. The molecule has 0 radical (unpaired) electrons. The molecule has 0 atom stereocenters. The number of hydrogen-bond donors (Lipinski definition) is 0. The highest BCUT2D eigenvalue weighted by Gasteiger charge is 2.23. The van der Waals surface area contributed by atoms with Gasteiger partial charge in [0.1, 0.15) is 11.6 Å². The molecule has 8 heteroatoms. The molecule has 3 aromatic rings. The van der Waals surface area contributed by atoms with Crippen molar-refractivity contribution in [3.8, 4) is 5.75 Å². The number of ether oxygens (including phenoxy) is 1. The van der Waals surface area contributed by atoms with Gasteiger partial charge in [-0.1, -0.05) is 36.7 Å². The van der Waals surface area contributed by atoms with Crippen molar-refractivity contribution in [2.45, 2.75) is 26.2 Å². The lowest BCUT2D eigenvalue weighted by Gasteiger charge is -2.20. The predicted octanol–water partition coefficient (Wildman–Crippen LogP) is 5.87. The summed E-state index contributed by atoms with van der Waals surface area (Å²) in [4.78, 5) is 17.9. The summed E-state index contributed by atoms with van der Waals surface area (Å²) in [5, 5.41) is 4.99. The molecular formula is C20H18Br3N3O2. The SMILES string of the molecule is COc1c(Br)cc(C=Nn2c(C(C)(C)C)nc3ccc(Br)cc3c2=O)cc1Br. The van der Waals surface area contributed by atoms with Crippen molar-refractivity contribution in [1.29, 1.82) is 0 Å². The highest BCUT2D eigenvalue weighted by atomic mass is 79.9. The number of nitrogens with zero attached hydrogens (tertiary/aromatic N) is 3. The Kier molecular flexibility index (Phi) is 6.12. The molecule has 0 fully saturated rings. The zero-order chi connectivity index (χ0) is 20.6. The maximum Gasteiger partial charge on any atom is 0.282 e. The van der Waals surface area contributed by atoms with E-state index in [4.69, 9.17) is 9.72 Å². The topological polar surface area (TPSA) is 56.5 Å². The van der Waals surface area contributed by atoms with Gasteiger partial charge in [-0.25, -0.2) is 4.98 Å². The summed E-state index contributed by atoms with van der Waals surface area (Å²) in [5.74, 6) is 1.29. The van der Waals surface area contributed by atoms with Crippen LogP contribution < -0.4 is 10.3 Å². The van der Waals surface area contributed by atoms with Gasteiger partial charge in [0.2, 0.25) is 0 Å². The minimum atomic E-state index is -0.362. The van der Waals surface area contributed by atoms with Gasteiger partial charge >= 0.3 is 0 Å². The molecule has 146 valence electrons. The van der Waals surface area contributed by atoms with Gasteiger partial charge in [0.25, 0.3) is 5.56 Å². The Labute approximate surface area is 188 Å². The molecule has 28 heavy (non-hydrogen) atoms. The first-order valence-electron chi connectivity index (χ1n) is 8.42. The first-order chi connectivity index (χ1) is 13.1. The van der Waals surface area contributed by atoms with Crippen molar-refractivity contribution in [3.63, 3.8) is 0 Å². The van der Waals surface area contributed by atoms with Crippen molar-refractivity contribution in [2.24, 2.45) is 5.10 Å². The fourth-order valence-corrected chi connectivity index (χ4v) is 4.62. The zero-order valence-electron chi connectivity index (χ0n) is 15.8. The summed E-state index contributed by atoms with van der Waals surface area (Å²) in [7, 11) is 1.60. The highest BCUT2D eigenvalue weighted by molar-refractivity contribution is 9.11. The third-order valence-corrected chi connectivity index (χ3v) is 5.70. The average molecular weight is 572 g/mol. The molecule has 0 saturated carbocycles. The summed E-state index contributed by atoms with van der Waals surface area (Å²) in [5.41, 5.74) is 0.887. The second-order valence-electron chi connectivity index (χ2n) is 7.23. The summed E-state index contributed by atoms with van der Waals surface area (Å²) >= 11 is 10.4. The molecule has 1 aromatic heterocycles. The van der Waals surface area contributed by atoms with E-state index < -0.39 is 0 Å². The van der Waals surface area contributed by atoms with Gasteiger partial charge in [-0.05, 0) is 67.8 Å².